The number of hydrogen-bond donors (Lipinski definition) is 1. The monoisotopic (exact) mass is 224 g/mol. The third kappa shape index (κ3) is 1.45. The number of fused-ring (bicyclic) bond motifs is 1. The lowest BCUT2D eigenvalue weighted by molar-refractivity contribution is 0.942. The van der Waals surface area contributed by atoms with Crippen molar-refractivity contribution in [3.63, 3.8) is 0 Å². The van der Waals surface area contributed by atoms with E-state index in [0.717, 1.165) is 22.6 Å². The molecule has 17 heavy (non-hydrogen) atoms. The van der Waals surface area contributed by atoms with Crippen molar-refractivity contribution >= 4 is 16.9 Å². The van der Waals surface area contributed by atoms with Gasteiger partial charge in [0.2, 0.25) is 0 Å². The summed E-state index contributed by atoms with van der Waals surface area (Å²) in [6, 6.07) is 11.8. The van der Waals surface area contributed by atoms with Crippen LogP contribution in [0.25, 0.3) is 22.6 Å². The fourth-order valence-electron chi connectivity index (χ4n) is 1.94. The van der Waals surface area contributed by atoms with Gasteiger partial charge in [0.25, 0.3) is 0 Å². The second kappa shape index (κ2) is 3.59. The van der Waals surface area contributed by atoms with Crippen LogP contribution in [0, 0.1) is 0 Å². The van der Waals surface area contributed by atoms with E-state index in [2.05, 4.69) is 9.97 Å². The van der Waals surface area contributed by atoms with E-state index in [1.807, 2.05) is 41.9 Å². The summed E-state index contributed by atoms with van der Waals surface area (Å²) in [7, 11) is 1.95. The number of benzene rings is 1. The number of aryl methyl sites for hydroxylation is 1. The minimum atomic E-state index is 0.660. The maximum absolute atomic E-state index is 5.90. The molecule has 1 aromatic carbocycles. The highest BCUT2D eigenvalue weighted by atomic mass is 15.1. The second-order valence-corrected chi connectivity index (χ2v) is 3.93. The highest BCUT2D eigenvalue weighted by Gasteiger charge is 2.11. The molecule has 0 aliphatic heterocycles. The van der Waals surface area contributed by atoms with Gasteiger partial charge < -0.3 is 10.3 Å². The fraction of sp³-hybridized carbons (Fsp3) is 0.0769. The number of pyridine rings is 1. The zero-order chi connectivity index (χ0) is 11.8. The third-order valence-electron chi connectivity index (χ3n) is 2.82. The van der Waals surface area contributed by atoms with Gasteiger partial charge in [-0.2, -0.15) is 0 Å². The van der Waals surface area contributed by atoms with Crippen LogP contribution in [-0.4, -0.2) is 14.5 Å². The minimum Gasteiger partial charge on any atom is -0.397 e. The Morgan fingerprint density at radius 2 is 1.88 bits per heavy atom. The number of hydrogen-bond acceptors (Lipinski definition) is 3. The van der Waals surface area contributed by atoms with Crippen LogP contribution in [0.15, 0.2) is 42.6 Å². The number of nitrogens with zero attached hydrogens (tertiary/aromatic N) is 3. The summed E-state index contributed by atoms with van der Waals surface area (Å²) >= 11 is 0. The Labute approximate surface area is 98.7 Å². The summed E-state index contributed by atoms with van der Waals surface area (Å²) in [6.45, 7) is 0. The van der Waals surface area contributed by atoms with E-state index >= 15 is 0 Å². The number of nitrogen functional groups attached to an aromatic ring is 1. The van der Waals surface area contributed by atoms with Crippen LogP contribution in [-0.2, 0) is 7.05 Å². The summed E-state index contributed by atoms with van der Waals surface area (Å²) < 4.78 is 1.96. The van der Waals surface area contributed by atoms with Crippen LogP contribution in [0.3, 0.4) is 0 Å². The molecule has 4 heteroatoms. The Kier molecular flexibility index (Phi) is 2.08. The molecule has 0 atom stereocenters. The number of imidazole rings is 1. The molecule has 0 saturated heterocycles. The molecule has 84 valence electrons. The number of nitrogens with two attached hydrogens (primary N) is 1. The van der Waals surface area contributed by atoms with Gasteiger partial charge in [-0.1, -0.05) is 30.3 Å². The van der Waals surface area contributed by atoms with Crippen molar-refractivity contribution in [2.45, 2.75) is 0 Å². The molecular weight excluding hydrogens is 212 g/mol. The lowest BCUT2D eigenvalue weighted by Gasteiger charge is -2.00. The molecule has 0 amide bonds. The molecule has 0 aliphatic carbocycles. The highest BCUT2D eigenvalue weighted by molar-refractivity contribution is 5.87. The van der Waals surface area contributed by atoms with Gasteiger partial charge in [-0.15, -0.1) is 0 Å². The molecule has 0 spiro atoms. The lowest BCUT2D eigenvalue weighted by atomic mass is 10.2. The van der Waals surface area contributed by atoms with E-state index in [0.29, 0.717) is 5.69 Å². The molecule has 0 saturated carbocycles. The molecule has 2 heterocycles. The minimum absolute atomic E-state index is 0.660. The van der Waals surface area contributed by atoms with E-state index in [9.17, 15) is 0 Å². The first-order chi connectivity index (χ1) is 8.27. The predicted molar refractivity (Wildman–Crippen MR) is 68.4 cm³/mol. The smallest absolute Gasteiger partial charge is 0.162 e. The van der Waals surface area contributed by atoms with Gasteiger partial charge in [-0.05, 0) is 6.07 Å². The predicted octanol–water partition coefficient (Wildman–Crippen LogP) is 2.22. The average molecular weight is 224 g/mol. The molecule has 0 fully saturated rings. The molecule has 2 aromatic heterocycles. The molecule has 0 aliphatic rings. The largest absolute Gasteiger partial charge is 0.397 e. The van der Waals surface area contributed by atoms with Gasteiger partial charge in [0.15, 0.2) is 5.65 Å². The first-order valence-corrected chi connectivity index (χ1v) is 5.39. The zero-order valence-corrected chi connectivity index (χ0v) is 9.46. The van der Waals surface area contributed by atoms with Crippen LogP contribution >= 0.6 is 0 Å². The molecule has 3 aromatic rings. The number of rotatable bonds is 1. The maximum Gasteiger partial charge on any atom is 0.162 e. The van der Waals surface area contributed by atoms with Crippen molar-refractivity contribution in [3.05, 3.63) is 42.6 Å². The van der Waals surface area contributed by atoms with Gasteiger partial charge in [-0.25, -0.2) is 9.97 Å². The Hall–Kier alpha value is -2.36. The Bertz CT molecular complexity index is 670. The first kappa shape index (κ1) is 9.84. The molecular formula is C13H12N4. The molecule has 3 rings (SSSR count). The molecule has 0 unspecified atom stereocenters. The number of anilines is 1. The fourth-order valence-corrected chi connectivity index (χ4v) is 1.94. The van der Waals surface area contributed by atoms with Crippen molar-refractivity contribution in [1.82, 2.24) is 14.5 Å². The molecule has 2 N–H and O–H groups in total. The first-order valence-electron chi connectivity index (χ1n) is 5.39. The highest BCUT2D eigenvalue weighted by Crippen LogP contribution is 2.24. The van der Waals surface area contributed by atoms with E-state index in [-0.39, 0.29) is 0 Å². The van der Waals surface area contributed by atoms with Crippen LogP contribution in [0.1, 0.15) is 0 Å². The van der Waals surface area contributed by atoms with Gasteiger partial charge in [0.05, 0.1) is 5.69 Å². The van der Waals surface area contributed by atoms with E-state index in [1.165, 1.54) is 0 Å². The summed E-state index contributed by atoms with van der Waals surface area (Å²) in [5.41, 5.74) is 9.19. The molecule has 0 radical (unpaired) electrons. The summed E-state index contributed by atoms with van der Waals surface area (Å²) in [6.07, 6.45) is 1.70. The Morgan fingerprint density at radius 3 is 2.59 bits per heavy atom. The van der Waals surface area contributed by atoms with Gasteiger partial charge >= 0.3 is 0 Å². The summed E-state index contributed by atoms with van der Waals surface area (Å²) in [5, 5.41) is 0. The van der Waals surface area contributed by atoms with Gasteiger partial charge in [0, 0.05) is 18.8 Å². The van der Waals surface area contributed by atoms with E-state index in [4.69, 9.17) is 5.73 Å². The average Bonchev–Trinajstić information content (AvgIpc) is 2.70. The lowest BCUT2D eigenvalue weighted by Crippen LogP contribution is -1.93. The normalized spacial score (nSPS) is 10.9. The van der Waals surface area contributed by atoms with Crippen LogP contribution in [0.5, 0.6) is 0 Å². The van der Waals surface area contributed by atoms with Gasteiger partial charge in [0.1, 0.15) is 11.3 Å². The molecule has 0 bridgehead atoms. The Morgan fingerprint density at radius 1 is 1.12 bits per heavy atom. The van der Waals surface area contributed by atoms with Crippen LogP contribution in [0.2, 0.25) is 0 Å². The number of aromatic nitrogens is 3. The van der Waals surface area contributed by atoms with Crippen molar-refractivity contribution in [1.29, 1.82) is 0 Å². The van der Waals surface area contributed by atoms with Crippen molar-refractivity contribution < 1.29 is 0 Å². The second-order valence-electron chi connectivity index (χ2n) is 3.93. The van der Waals surface area contributed by atoms with E-state index in [1.54, 1.807) is 12.3 Å². The third-order valence-corrected chi connectivity index (χ3v) is 2.82. The van der Waals surface area contributed by atoms with Crippen LogP contribution in [0.4, 0.5) is 5.69 Å². The van der Waals surface area contributed by atoms with Crippen LogP contribution < -0.4 is 5.73 Å². The van der Waals surface area contributed by atoms with Crippen molar-refractivity contribution in [2.24, 2.45) is 7.05 Å². The van der Waals surface area contributed by atoms with Crippen molar-refractivity contribution in [2.75, 3.05) is 5.73 Å². The summed E-state index contributed by atoms with van der Waals surface area (Å²) in [5.74, 6) is 0.881. The summed E-state index contributed by atoms with van der Waals surface area (Å²) in [4.78, 5) is 8.87. The van der Waals surface area contributed by atoms with Crippen molar-refractivity contribution in [3.8, 4) is 11.4 Å². The standard InChI is InChI=1S/C13H12N4/c1-17-12(9-5-3-2-4-6-9)16-11-10(14)7-8-15-13(11)17/h2-8H,1H3,(H2,14,15). The Balaban J connectivity index is 2.32. The zero-order valence-electron chi connectivity index (χ0n) is 9.46. The SMILES string of the molecule is Cn1c(-c2ccccc2)nc2c(N)ccnc21. The topological polar surface area (TPSA) is 56.7 Å². The molecule has 4 nitrogen and oxygen atoms in total. The van der Waals surface area contributed by atoms with E-state index < -0.39 is 0 Å². The quantitative estimate of drug-likeness (QED) is 0.689. The maximum atomic E-state index is 5.90. The van der Waals surface area contributed by atoms with Gasteiger partial charge in [-0.3, -0.25) is 0 Å².